The lowest BCUT2D eigenvalue weighted by Crippen LogP contribution is -2.29. The van der Waals surface area contributed by atoms with E-state index in [0.717, 1.165) is 30.1 Å². The molecule has 3 rings (SSSR count). The lowest BCUT2D eigenvalue weighted by molar-refractivity contribution is 0.0958. The standard InChI is InChI=1S/C16H25N3OS/c1-2-8-18-15(20)14-13(17)12(11-6-7-11)16(21-14)19-9-4-3-5-10-19/h11H,2-10,17H2,1H3,(H,18,20). The highest BCUT2D eigenvalue weighted by atomic mass is 32.1. The molecular formula is C16H25N3OS. The zero-order valence-electron chi connectivity index (χ0n) is 12.8. The van der Waals surface area contributed by atoms with Crippen LogP contribution in [0.2, 0.25) is 0 Å². The third kappa shape index (κ3) is 3.03. The number of hydrogen-bond acceptors (Lipinski definition) is 4. The molecule has 4 nitrogen and oxygen atoms in total. The molecule has 5 heteroatoms. The Bertz CT molecular complexity index is 516. The molecule has 0 unspecified atom stereocenters. The highest BCUT2D eigenvalue weighted by Gasteiger charge is 2.34. The van der Waals surface area contributed by atoms with Crippen molar-refractivity contribution in [1.82, 2.24) is 5.32 Å². The second-order valence-corrected chi connectivity index (χ2v) is 7.14. The minimum absolute atomic E-state index is 0.00418. The molecular weight excluding hydrogens is 282 g/mol. The van der Waals surface area contributed by atoms with Crippen LogP contribution in [0.4, 0.5) is 10.7 Å². The molecule has 116 valence electrons. The Hall–Kier alpha value is -1.23. The molecule has 3 N–H and O–H groups in total. The quantitative estimate of drug-likeness (QED) is 0.877. The van der Waals surface area contributed by atoms with Gasteiger partial charge in [0.25, 0.3) is 5.91 Å². The summed E-state index contributed by atoms with van der Waals surface area (Å²) in [6, 6.07) is 0. The van der Waals surface area contributed by atoms with E-state index in [1.807, 2.05) is 0 Å². The van der Waals surface area contributed by atoms with E-state index in [9.17, 15) is 4.79 Å². The minimum atomic E-state index is 0.00418. The topological polar surface area (TPSA) is 58.4 Å². The normalized spacial score (nSPS) is 18.8. The first-order chi connectivity index (χ1) is 10.2. The second-order valence-electron chi connectivity index (χ2n) is 6.14. The molecule has 0 radical (unpaired) electrons. The zero-order valence-corrected chi connectivity index (χ0v) is 13.6. The molecule has 0 spiro atoms. The van der Waals surface area contributed by atoms with Crippen LogP contribution in [0, 0.1) is 0 Å². The number of carbonyl (C=O) groups excluding carboxylic acids is 1. The lowest BCUT2D eigenvalue weighted by Gasteiger charge is -2.28. The predicted molar refractivity (Wildman–Crippen MR) is 89.4 cm³/mol. The van der Waals surface area contributed by atoms with Gasteiger partial charge in [0.15, 0.2) is 0 Å². The summed E-state index contributed by atoms with van der Waals surface area (Å²) in [6.07, 6.45) is 7.21. The van der Waals surface area contributed by atoms with E-state index >= 15 is 0 Å². The van der Waals surface area contributed by atoms with Crippen LogP contribution in [-0.2, 0) is 0 Å². The van der Waals surface area contributed by atoms with Crippen molar-refractivity contribution >= 4 is 27.9 Å². The molecule has 2 aliphatic rings. The van der Waals surface area contributed by atoms with E-state index in [0.29, 0.717) is 12.5 Å². The highest BCUT2D eigenvalue weighted by Crippen LogP contribution is 2.52. The lowest BCUT2D eigenvalue weighted by atomic mass is 10.1. The zero-order chi connectivity index (χ0) is 14.8. The maximum absolute atomic E-state index is 12.3. The number of piperidine rings is 1. The first kappa shape index (κ1) is 14.7. The molecule has 1 saturated heterocycles. The largest absolute Gasteiger partial charge is 0.397 e. The first-order valence-corrected chi connectivity index (χ1v) is 8.99. The Morgan fingerprint density at radius 1 is 1.33 bits per heavy atom. The van der Waals surface area contributed by atoms with E-state index < -0.39 is 0 Å². The summed E-state index contributed by atoms with van der Waals surface area (Å²) in [6.45, 7) is 4.99. The SMILES string of the molecule is CCCNC(=O)c1sc(N2CCCCC2)c(C2CC2)c1N. The molecule has 1 saturated carbocycles. The summed E-state index contributed by atoms with van der Waals surface area (Å²) in [4.78, 5) is 15.5. The van der Waals surface area contributed by atoms with Crippen molar-refractivity contribution in [3.63, 3.8) is 0 Å². The van der Waals surface area contributed by atoms with Crippen molar-refractivity contribution in [1.29, 1.82) is 0 Å². The fourth-order valence-electron chi connectivity index (χ4n) is 3.03. The van der Waals surface area contributed by atoms with E-state index in [1.54, 1.807) is 11.3 Å². The van der Waals surface area contributed by atoms with Gasteiger partial charge in [-0.25, -0.2) is 0 Å². The number of nitrogen functional groups attached to an aromatic ring is 1. The second kappa shape index (κ2) is 6.26. The van der Waals surface area contributed by atoms with Gasteiger partial charge in [-0.3, -0.25) is 4.79 Å². The fraction of sp³-hybridized carbons (Fsp3) is 0.688. The summed E-state index contributed by atoms with van der Waals surface area (Å²) in [5, 5.41) is 4.24. The maximum atomic E-state index is 12.3. The van der Waals surface area contributed by atoms with Gasteiger partial charge >= 0.3 is 0 Å². The molecule has 1 aliphatic carbocycles. The molecule has 1 aromatic rings. The van der Waals surface area contributed by atoms with E-state index in [4.69, 9.17) is 5.73 Å². The fourth-order valence-corrected chi connectivity index (χ4v) is 4.31. The van der Waals surface area contributed by atoms with Crippen LogP contribution in [0.1, 0.15) is 66.6 Å². The van der Waals surface area contributed by atoms with Gasteiger partial charge in [0, 0.05) is 25.2 Å². The van der Waals surface area contributed by atoms with Gasteiger partial charge in [-0.1, -0.05) is 6.92 Å². The minimum Gasteiger partial charge on any atom is -0.397 e. The third-order valence-corrected chi connectivity index (χ3v) is 5.62. The monoisotopic (exact) mass is 307 g/mol. The third-order valence-electron chi connectivity index (χ3n) is 4.33. The van der Waals surface area contributed by atoms with Crippen LogP contribution in [0.25, 0.3) is 0 Å². The van der Waals surface area contributed by atoms with Gasteiger partial charge in [-0.15, -0.1) is 11.3 Å². The summed E-state index contributed by atoms with van der Waals surface area (Å²) in [5.74, 6) is 0.593. The molecule has 1 aromatic heterocycles. The molecule has 0 aromatic carbocycles. The Balaban J connectivity index is 1.89. The number of thiophene rings is 1. The van der Waals surface area contributed by atoms with Crippen LogP contribution in [-0.4, -0.2) is 25.5 Å². The molecule has 1 aliphatic heterocycles. The Labute approximate surface area is 130 Å². The summed E-state index contributed by atoms with van der Waals surface area (Å²) < 4.78 is 0. The number of nitrogens with one attached hydrogen (secondary N) is 1. The smallest absolute Gasteiger partial charge is 0.263 e. The highest BCUT2D eigenvalue weighted by molar-refractivity contribution is 7.18. The van der Waals surface area contributed by atoms with Crippen LogP contribution in [0.3, 0.4) is 0 Å². The molecule has 21 heavy (non-hydrogen) atoms. The van der Waals surface area contributed by atoms with Crippen molar-refractivity contribution in [3.05, 3.63) is 10.4 Å². The van der Waals surface area contributed by atoms with Gasteiger partial charge in [0.1, 0.15) is 4.88 Å². The predicted octanol–water partition coefficient (Wildman–Crippen LogP) is 3.34. The summed E-state index contributed by atoms with van der Waals surface area (Å²) in [5.41, 5.74) is 8.36. The van der Waals surface area contributed by atoms with Crippen LogP contribution in [0.5, 0.6) is 0 Å². The molecule has 0 bridgehead atoms. The number of hydrogen-bond donors (Lipinski definition) is 2. The van der Waals surface area contributed by atoms with Crippen molar-refractivity contribution in [2.45, 2.75) is 51.4 Å². The van der Waals surface area contributed by atoms with E-state index in [1.165, 1.54) is 42.7 Å². The van der Waals surface area contributed by atoms with Crippen LogP contribution < -0.4 is 16.0 Å². The van der Waals surface area contributed by atoms with Gasteiger partial charge in [-0.2, -0.15) is 0 Å². The number of anilines is 2. The van der Waals surface area contributed by atoms with Crippen LogP contribution >= 0.6 is 11.3 Å². The number of amides is 1. The molecule has 2 fully saturated rings. The average Bonchev–Trinajstić information content (AvgIpc) is 3.29. The Kier molecular flexibility index (Phi) is 4.38. The van der Waals surface area contributed by atoms with Crippen molar-refractivity contribution in [2.24, 2.45) is 0 Å². The van der Waals surface area contributed by atoms with Gasteiger partial charge in [0.2, 0.25) is 0 Å². The Morgan fingerprint density at radius 2 is 2.05 bits per heavy atom. The first-order valence-electron chi connectivity index (χ1n) is 8.17. The number of rotatable bonds is 5. The summed E-state index contributed by atoms with van der Waals surface area (Å²) in [7, 11) is 0. The van der Waals surface area contributed by atoms with Crippen molar-refractivity contribution < 1.29 is 4.79 Å². The molecule has 2 heterocycles. The summed E-state index contributed by atoms with van der Waals surface area (Å²) >= 11 is 1.61. The number of nitrogens with two attached hydrogens (primary N) is 1. The van der Waals surface area contributed by atoms with E-state index in [2.05, 4.69) is 17.1 Å². The van der Waals surface area contributed by atoms with Gasteiger partial charge < -0.3 is 16.0 Å². The molecule has 1 amide bonds. The number of nitrogens with zero attached hydrogens (tertiary/aromatic N) is 1. The van der Waals surface area contributed by atoms with Crippen molar-refractivity contribution in [2.75, 3.05) is 30.3 Å². The Morgan fingerprint density at radius 3 is 2.67 bits per heavy atom. The molecule has 0 atom stereocenters. The van der Waals surface area contributed by atoms with Gasteiger partial charge in [0.05, 0.1) is 10.7 Å². The van der Waals surface area contributed by atoms with E-state index in [-0.39, 0.29) is 5.91 Å². The number of carbonyl (C=O) groups is 1. The van der Waals surface area contributed by atoms with Crippen LogP contribution in [0.15, 0.2) is 0 Å². The maximum Gasteiger partial charge on any atom is 0.263 e. The average molecular weight is 307 g/mol. The van der Waals surface area contributed by atoms with Crippen molar-refractivity contribution in [3.8, 4) is 0 Å². The van der Waals surface area contributed by atoms with Gasteiger partial charge in [-0.05, 0) is 44.4 Å².